The van der Waals surface area contributed by atoms with Crippen molar-refractivity contribution in [3.63, 3.8) is 0 Å². The second kappa shape index (κ2) is 11.7. The van der Waals surface area contributed by atoms with Gasteiger partial charge in [-0.25, -0.2) is 14.4 Å². The number of hydrogen-bond donors (Lipinski definition) is 2. The van der Waals surface area contributed by atoms with E-state index in [1.54, 1.807) is 25.1 Å². The highest BCUT2D eigenvalue weighted by molar-refractivity contribution is 14.0. The quantitative estimate of drug-likeness (QED) is 0.333. The topological polar surface area (TPSA) is 63.5 Å². The lowest BCUT2D eigenvalue weighted by Crippen LogP contribution is -2.41. The van der Waals surface area contributed by atoms with E-state index in [1.807, 2.05) is 6.92 Å². The Balaban J connectivity index is 0.00000364. The summed E-state index contributed by atoms with van der Waals surface area (Å²) in [5, 5.41) is 6.05. The Morgan fingerprint density at radius 2 is 2.04 bits per heavy atom. The number of para-hydroxylation sites is 1. The number of aliphatic imine (C=N–C) groups is 1. The Kier molecular flexibility index (Phi) is 9.97. The molecule has 2 aromatic rings. The van der Waals surface area contributed by atoms with E-state index in [4.69, 9.17) is 4.74 Å². The first-order valence-electron chi connectivity index (χ1n) is 8.24. The van der Waals surface area contributed by atoms with Crippen LogP contribution < -0.4 is 15.4 Å². The summed E-state index contributed by atoms with van der Waals surface area (Å²) < 4.78 is 45.5. The number of aromatic nitrogens is 2. The molecule has 0 fully saturated rings. The van der Waals surface area contributed by atoms with Crippen molar-refractivity contribution in [3.8, 4) is 5.75 Å². The maximum Gasteiger partial charge on any atom is 0.319 e. The number of ether oxygens (including phenoxy) is 1. The van der Waals surface area contributed by atoms with E-state index < -0.39 is 12.4 Å². The van der Waals surface area contributed by atoms with Crippen LogP contribution in [0.2, 0.25) is 0 Å². The van der Waals surface area contributed by atoms with E-state index in [2.05, 4.69) is 20.6 Å². The lowest BCUT2D eigenvalue weighted by atomic mass is 10.3. The van der Waals surface area contributed by atoms with Crippen LogP contribution in [-0.2, 0) is 6.54 Å². The molecule has 6 nitrogen and oxygen atoms in total. The Morgan fingerprint density at radius 1 is 1.30 bits per heavy atom. The van der Waals surface area contributed by atoms with Crippen LogP contribution >= 0.6 is 24.0 Å². The molecule has 2 rings (SSSR count). The van der Waals surface area contributed by atoms with E-state index in [9.17, 15) is 13.2 Å². The van der Waals surface area contributed by atoms with Gasteiger partial charge >= 0.3 is 6.55 Å². The number of nitrogens with zero attached hydrogens (tertiary/aromatic N) is 3. The lowest BCUT2D eigenvalue weighted by molar-refractivity contribution is 0.0671. The maximum absolute atomic E-state index is 13.6. The largest absolute Gasteiger partial charge is 0.486 e. The van der Waals surface area contributed by atoms with Gasteiger partial charge in [0.25, 0.3) is 0 Å². The van der Waals surface area contributed by atoms with Crippen molar-refractivity contribution in [1.82, 2.24) is 20.2 Å². The number of rotatable bonds is 8. The summed E-state index contributed by atoms with van der Waals surface area (Å²) in [5.74, 6) is 0.328. The minimum Gasteiger partial charge on any atom is -0.486 e. The summed E-state index contributed by atoms with van der Waals surface area (Å²) in [6.07, 6.45) is 2.18. The molecular weight excluding hydrogens is 474 g/mol. The van der Waals surface area contributed by atoms with Crippen LogP contribution in [0, 0.1) is 5.82 Å². The Hall–Kier alpha value is -1.98. The molecule has 1 heterocycles. The standard InChI is InChI=1S/C17H22F3N5O.HI/c1-3-21-17(24-11-15-22-8-9-25(15)16(19)20)23-10-12(2)26-14-7-5-4-6-13(14)18;/h4-9,12,16H,3,10-11H2,1-2H3,(H2,21,23,24);1H. The highest BCUT2D eigenvalue weighted by Crippen LogP contribution is 2.16. The summed E-state index contributed by atoms with van der Waals surface area (Å²) in [6.45, 7) is 1.95. The van der Waals surface area contributed by atoms with Gasteiger partial charge in [-0.2, -0.15) is 8.78 Å². The number of halogens is 4. The van der Waals surface area contributed by atoms with E-state index in [0.717, 1.165) is 4.57 Å². The molecule has 1 unspecified atom stereocenters. The number of guanidine groups is 1. The van der Waals surface area contributed by atoms with Crippen molar-refractivity contribution in [2.45, 2.75) is 33.0 Å². The van der Waals surface area contributed by atoms with Crippen LogP contribution in [0.25, 0.3) is 0 Å². The van der Waals surface area contributed by atoms with Crippen molar-refractivity contribution in [1.29, 1.82) is 0 Å². The molecule has 0 aliphatic carbocycles. The monoisotopic (exact) mass is 497 g/mol. The van der Waals surface area contributed by atoms with E-state index in [-0.39, 0.29) is 48.2 Å². The molecule has 2 N–H and O–H groups in total. The zero-order valence-corrected chi connectivity index (χ0v) is 17.4. The summed E-state index contributed by atoms with van der Waals surface area (Å²) in [7, 11) is 0. The fourth-order valence-corrected chi connectivity index (χ4v) is 2.17. The van der Waals surface area contributed by atoms with Crippen molar-refractivity contribution in [3.05, 3.63) is 48.3 Å². The van der Waals surface area contributed by atoms with Gasteiger partial charge in [-0.3, -0.25) is 4.57 Å². The lowest BCUT2D eigenvalue weighted by Gasteiger charge is -2.18. The molecule has 1 aromatic heterocycles. The number of alkyl halides is 2. The zero-order valence-electron chi connectivity index (χ0n) is 15.0. The molecule has 0 bridgehead atoms. The van der Waals surface area contributed by atoms with Crippen molar-refractivity contribution < 1.29 is 17.9 Å². The van der Waals surface area contributed by atoms with Gasteiger partial charge in [0, 0.05) is 18.9 Å². The van der Waals surface area contributed by atoms with Crippen molar-refractivity contribution in [2.75, 3.05) is 13.1 Å². The molecule has 0 saturated heterocycles. The van der Waals surface area contributed by atoms with Gasteiger partial charge in [0.15, 0.2) is 17.5 Å². The fourth-order valence-electron chi connectivity index (χ4n) is 2.17. The third-order valence-corrected chi connectivity index (χ3v) is 3.40. The predicted octanol–water partition coefficient (Wildman–Crippen LogP) is 3.56. The first kappa shape index (κ1) is 23.1. The number of benzene rings is 1. The average molecular weight is 497 g/mol. The maximum atomic E-state index is 13.6. The molecular formula is C17H23F3IN5O. The van der Waals surface area contributed by atoms with Crippen LogP contribution in [0.5, 0.6) is 5.75 Å². The number of hydrogen-bond acceptors (Lipinski definition) is 3. The van der Waals surface area contributed by atoms with Gasteiger partial charge < -0.3 is 15.4 Å². The van der Waals surface area contributed by atoms with Gasteiger partial charge in [0.1, 0.15) is 18.5 Å². The Bertz CT molecular complexity index is 726. The van der Waals surface area contributed by atoms with Crippen molar-refractivity contribution >= 4 is 29.9 Å². The summed E-state index contributed by atoms with van der Waals surface area (Å²) >= 11 is 0. The minimum absolute atomic E-state index is 0. The highest BCUT2D eigenvalue weighted by atomic mass is 127. The van der Waals surface area contributed by atoms with E-state index in [0.29, 0.717) is 19.0 Å². The van der Waals surface area contributed by atoms with Gasteiger partial charge in [-0.05, 0) is 26.0 Å². The van der Waals surface area contributed by atoms with Crippen LogP contribution in [-0.4, -0.2) is 34.7 Å². The van der Waals surface area contributed by atoms with E-state index >= 15 is 0 Å². The van der Waals surface area contributed by atoms with Gasteiger partial charge in [-0.1, -0.05) is 12.1 Å². The molecule has 0 aliphatic rings. The molecule has 10 heteroatoms. The van der Waals surface area contributed by atoms with Gasteiger partial charge in [-0.15, -0.1) is 24.0 Å². The third kappa shape index (κ3) is 7.27. The molecule has 0 spiro atoms. The molecule has 1 aromatic carbocycles. The number of nitrogens with one attached hydrogen (secondary N) is 2. The molecule has 1 atom stereocenters. The van der Waals surface area contributed by atoms with Gasteiger partial charge in [0.05, 0.1) is 6.54 Å². The molecule has 0 radical (unpaired) electrons. The van der Waals surface area contributed by atoms with Crippen molar-refractivity contribution in [2.24, 2.45) is 4.99 Å². The highest BCUT2D eigenvalue weighted by Gasteiger charge is 2.12. The number of imidazole rings is 1. The van der Waals surface area contributed by atoms with Crippen LogP contribution in [0.1, 0.15) is 26.2 Å². The Labute approximate surface area is 173 Å². The summed E-state index contributed by atoms with van der Waals surface area (Å²) in [4.78, 5) is 8.13. The molecule has 0 amide bonds. The predicted molar refractivity (Wildman–Crippen MR) is 108 cm³/mol. The summed E-state index contributed by atoms with van der Waals surface area (Å²) in [6, 6.07) is 6.15. The fraction of sp³-hybridized carbons (Fsp3) is 0.412. The normalized spacial score (nSPS) is 12.4. The van der Waals surface area contributed by atoms with Gasteiger partial charge in [0.2, 0.25) is 0 Å². The Morgan fingerprint density at radius 3 is 2.70 bits per heavy atom. The second-order valence-electron chi connectivity index (χ2n) is 5.46. The first-order chi connectivity index (χ1) is 12.5. The van der Waals surface area contributed by atoms with E-state index in [1.165, 1.54) is 18.5 Å². The second-order valence-corrected chi connectivity index (χ2v) is 5.46. The minimum atomic E-state index is -2.66. The van der Waals surface area contributed by atoms with Crippen LogP contribution in [0.3, 0.4) is 0 Å². The average Bonchev–Trinajstić information content (AvgIpc) is 3.08. The summed E-state index contributed by atoms with van der Waals surface area (Å²) in [5.41, 5.74) is 0. The smallest absolute Gasteiger partial charge is 0.319 e. The van der Waals surface area contributed by atoms with Crippen LogP contribution in [0.15, 0.2) is 41.7 Å². The SMILES string of the molecule is CCNC(=NCc1nccn1C(F)F)NCC(C)Oc1ccccc1F.I. The molecule has 27 heavy (non-hydrogen) atoms. The molecule has 0 aliphatic heterocycles. The molecule has 150 valence electrons. The van der Waals surface area contributed by atoms with Crippen LogP contribution in [0.4, 0.5) is 13.2 Å². The third-order valence-electron chi connectivity index (χ3n) is 3.40. The molecule has 0 saturated carbocycles. The zero-order chi connectivity index (χ0) is 18.9. The first-order valence-corrected chi connectivity index (χ1v) is 8.24.